The van der Waals surface area contributed by atoms with Crippen molar-refractivity contribution in [2.75, 3.05) is 7.05 Å². The number of hydrogen-bond donors (Lipinski definition) is 0. The maximum Gasteiger partial charge on any atom is 0.255 e. The van der Waals surface area contributed by atoms with Crippen LogP contribution in [0.15, 0.2) is 34.2 Å². The van der Waals surface area contributed by atoms with Crippen LogP contribution < -0.4 is 0 Å². The summed E-state index contributed by atoms with van der Waals surface area (Å²) in [6.45, 7) is 0.581. The van der Waals surface area contributed by atoms with Crippen LogP contribution in [0.1, 0.15) is 15.2 Å². The van der Waals surface area contributed by atoms with Gasteiger partial charge in [0.25, 0.3) is 5.91 Å². The molecule has 2 heterocycles. The number of thiophene rings is 1. The summed E-state index contributed by atoms with van der Waals surface area (Å²) in [5, 5.41) is 2.38. The molecule has 18 heavy (non-hydrogen) atoms. The Balaban J connectivity index is 2.07. The van der Waals surface area contributed by atoms with Crippen molar-refractivity contribution >= 4 is 44.8 Å². The van der Waals surface area contributed by atoms with E-state index in [0.717, 1.165) is 9.35 Å². The molecule has 94 valence electrons. The van der Waals surface area contributed by atoms with Crippen molar-refractivity contribution in [3.05, 3.63) is 49.8 Å². The molecule has 0 aromatic carbocycles. The van der Waals surface area contributed by atoms with E-state index in [9.17, 15) is 4.79 Å². The van der Waals surface area contributed by atoms with E-state index in [0.29, 0.717) is 17.3 Å². The molecule has 2 aromatic rings. The Morgan fingerprint density at radius 1 is 1.56 bits per heavy atom. The predicted molar refractivity (Wildman–Crippen MR) is 77.1 cm³/mol. The lowest BCUT2D eigenvalue weighted by Crippen LogP contribution is -2.25. The maximum absolute atomic E-state index is 12.1. The summed E-state index contributed by atoms with van der Waals surface area (Å²) in [7, 11) is 1.77. The molecule has 0 aliphatic rings. The fourth-order valence-electron chi connectivity index (χ4n) is 1.46. The second kappa shape index (κ2) is 5.82. The predicted octanol–water partition coefficient (Wildman–Crippen LogP) is 3.83. The minimum atomic E-state index is -0.0660. The molecule has 0 aliphatic carbocycles. The summed E-state index contributed by atoms with van der Waals surface area (Å²) in [6, 6.07) is 5.30. The highest BCUT2D eigenvalue weighted by molar-refractivity contribution is 9.10. The van der Waals surface area contributed by atoms with Gasteiger partial charge in [0.2, 0.25) is 0 Å². The Kier molecular flexibility index (Phi) is 4.37. The molecule has 0 N–H and O–H groups in total. The number of hydrogen-bond acceptors (Lipinski definition) is 3. The van der Waals surface area contributed by atoms with Gasteiger partial charge in [0.15, 0.2) is 0 Å². The zero-order chi connectivity index (χ0) is 13.1. The molecule has 0 saturated heterocycles. The van der Waals surface area contributed by atoms with Crippen molar-refractivity contribution in [3.63, 3.8) is 0 Å². The SMILES string of the molecule is CN(Cc1cc(Br)cs1)C(=O)c1ccc(Cl)nc1. The largest absolute Gasteiger partial charge is 0.337 e. The Morgan fingerprint density at radius 2 is 2.33 bits per heavy atom. The van der Waals surface area contributed by atoms with E-state index < -0.39 is 0 Å². The van der Waals surface area contributed by atoms with Crippen molar-refractivity contribution in [1.29, 1.82) is 0 Å². The molecule has 0 aliphatic heterocycles. The normalized spacial score (nSPS) is 10.4. The summed E-state index contributed by atoms with van der Waals surface area (Å²) in [5.41, 5.74) is 0.539. The Labute approximate surface area is 123 Å². The summed E-state index contributed by atoms with van der Waals surface area (Å²) in [4.78, 5) is 18.8. The minimum Gasteiger partial charge on any atom is -0.337 e. The maximum atomic E-state index is 12.1. The zero-order valence-electron chi connectivity index (χ0n) is 9.56. The van der Waals surface area contributed by atoms with Gasteiger partial charge in [-0.1, -0.05) is 11.6 Å². The molecule has 0 bridgehead atoms. The number of carbonyl (C=O) groups excluding carboxylic acids is 1. The summed E-state index contributed by atoms with van der Waals surface area (Å²) in [5.74, 6) is -0.0660. The Hall–Kier alpha value is -0.910. The van der Waals surface area contributed by atoms with Crippen molar-refractivity contribution in [3.8, 4) is 0 Å². The quantitative estimate of drug-likeness (QED) is 0.792. The van der Waals surface area contributed by atoms with E-state index in [1.165, 1.54) is 6.20 Å². The fraction of sp³-hybridized carbons (Fsp3) is 0.167. The van der Waals surface area contributed by atoms with E-state index in [2.05, 4.69) is 20.9 Å². The molecule has 3 nitrogen and oxygen atoms in total. The third-order valence-corrected chi connectivity index (χ3v) is 4.24. The minimum absolute atomic E-state index is 0.0660. The second-order valence-corrected chi connectivity index (χ2v) is 6.06. The van der Waals surface area contributed by atoms with Crippen LogP contribution in [0.4, 0.5) is 0 Å². The second-order valence-electron chi connectivity index (χ2n) is 3.76. The molecular formula is C12H10BrClN2OS. The zero-order valence-corrected chi connectivity index (χ0v) is 12.7. The highest BCUT2D eigenvalue weighted by atomic mass is 79.9. The van der Waals surface area contributed by atoms with Gasteiger partial charge in [-0.3, -0.25) is 4.79 Å². The smallest absolute Gasteiger partial charge is 0.255 e. The first kappa shape index (κ1) is 13.5. The van der Waals surface area contributed by atoms with Gasteiger partial charge in [0.05, 0.1) is 12.1 Å². The average molecular weight is 346 g/mol. The van der Waals surface area contributed by atoms with Gasteiger partial charge >= 0.3 is 0 Å². The van der Waals surface area contributed by atoms with Gasteiger partial charge in [-0.2, -0.15) is 0 Å². The van der Waals surface area contributed by atoms with Gasteiger partial charge in [-0.25, -0.2) is 4.98 Å². The first-order chi connectivity index (χ1) is 8.56. The van der Waals surface area contributed by atoms with Crippen LogP contribution in [0.25, 0.3) is 0 Å². The Morgan fingerprint density at radius 3 is 2.89 bits per heavy atom. The molecule has 0 saturated carbocycles. The van der Waals surface area contributed by atoms with E-state index in [4.69, 9.17) is 11.6 Å². The van der Waals surface area contributed by atoms with Crippen LogP contribution in [0.5, 0.6) is 0 Å². The highest BCUT2D eigenvalue weighted by Crippen LogP contribution is 2.21. The van der Waals surface area contributed by atoms with Gasteiger partial charge in [-0.15, -0.1) is 11.3 Å². The lowest BCUT2D eigenvalue weighted by Gasteiger charge is -2.15. The molecule has 0 atom stereocenters. The molecule has 0 fully saturated rings. The number of nitrogens with zero attached hydrogens (tertiary/aromatic N) is 2. The molecule has 0 radical (unpaired) electrons. The molecular weight excluding hydrogens is 336 g/mol. The number of pyridine rings is 1. The molecule has 2 aromatic heterocycles. The molecule has 0 unspecified atom stereocenters. The molecule has 1 amide bonds. The van der Waals surface area contributed by atoms with Gasteiger partial charge in [-0.05, 0) is 34.1 Å². The van der Waals surface area contributed by atoms with Gasteiger partial charge < -0.3 is 4.90 Å². The third kappa shape index (κ3) is 3.31. The molecule has 6 heteroatoms. The van der Waals surface area contributed by atoms with Crippen molar-refractivity contribution in [2.45, 2.75) is 6.54 Å². The molecule has 2 rings (SSSR count). The summed E-state index contributed by atoms with van der Waals surface area (Å²) >= 11 is 10.7. The Bertz CT molecular complexity index is 555. The highest BCUT2D eigenvalue weighted by Gasteiger charge is 2.13. The van der Waals surface area contributed by atoms with E-state index in [1.54, 1.807) is 35.4 Å². The van der Waals surface area contributed by atoms with E-state index in [-0.39, 0.29) is 5.91 Å². The van der Waals surface area contributed by atoms with Gasteiger partial charge in [0, 0.05) is 28.0 Å². The molecule has 0 spiro atoms. The monoisotopic (exact) mass is 344 g/mol. The number of amides is 1. The number of rotatable bonds is 3. The number of carbonyl (C=O) groups is 1. The van der Waals surface area contributed by atoms with E-state index >= 15 is 0 Å². The number of aromatic nitrogens is 1. The summed E-state index contributed by atoms with van der Waals surface area (Å²) in [6.07, 6.45) is 1.49. The first-order valence-corrected chi connectivity index (χ1v) is 7.21. The van der Waals surface area contributed by atoms with Crippen molar-refractivity contribution in [1.82, 2.24) is 9.88 Å². The van der Waals surface area contributed by atoms with Crippen LogP contribution in [-0.4, -0.2) is 22.8 Å². The van der Waals surface area contributed by atoms with E-state index in [1.807, 2.05) is 11.4 Å². The van der Waals surface area contributed by atoms with Crippen LogP contribution in [0, 0.1) is 0 Å². The van der Waals surface area contributed by atoms with Crippen LogP contribution in [-0.2, 0) is 6.54 Å². The van der Waals surface area contributed by atoms with Crippen LogP contribution >= 0.6 is 38.9 Å². The lowest BCUT2D eigenvalue weighted by molar-refractivity contribution is 0.0786. The van der Waals surface area contributed by atoms with Crippen LogP contribution in [0.3, 0.4) is 0 Å². The lowest BCUT2D eigenvalue weighted by atomic mass is 10.2. The van der Waals surface area contributed by atoms with Gasteiger partial charge in [0.1, 0.15) is 5.15 Å². The fourth-order valence-corrected chi connectivity index (χ4v) is 3.08. The van der Waals surface area contributed by atoms with Crippen molar-refractivity contribution in [2.24, 2.45) is 0 Å². The number of halogens is 2. The summed E-state index contributed by atoms with van der Waals surface area (Å²) < 4.78 is 1.04. The average Bonchev–Trinajstić information content (AvgIpc) is 2.75. The third-order valence-electron chi connectivity index (χ3n) is 2.34. The standard InChI is InChI=1S/C12H10BrClN2OS/c1-16(6-10-4-9(13)7-18-10)12(17)8-2-3-11(14)15-5-8/h2-5,7H,6H2,1H3. The topological polar surface area (TPSA) is 33.2 Å². The first-order valence-electron chi connectivity index (χ1n) is 5.16. The van der Waals surface area contributed by atoms with Crippen molar-refractivity contribution < 1.29 is 4.79 Å². The van der Waals surface area contributed by atoms with Crippen LogP contribution in [0.2, 0.25) is 5.15 Å².